The summed E-state index contributed by atoms with van der Waals surface area (Å²) < 4.78 is 5.26. The molecule has 2 aromatic rings. The van der Waals surface area contributed by atoms with Crippen LogP contribution in [0, 0.1) is 0 Å². The van der Waals surface area contributed by atoms with Gasteiger partial charge in [0, 0.05) is 10.8 Å². The first-order chi connectivity index (χ1) is 6.70. The highest BCUT2D eigenvalue weighted by Crippen LogP contribution is 2.27. The van der Waals surface area contributed by atoms with Crippen molar-refractivity contribution in [3.63, 3.8) is 0 Å². The summed E-state index contributed by atoms with van der Waals surface area (Å²) in [6.07, 6.45) is 1.59. The molecule has 0 aliphatic carbocycles. The van der Waals surface area contributed by atoms with Gasteiger partial charge in [-0.15, -0.1) is 0 Å². The lowest BCUT2D eigenvalue weighted by Gasteiger charge is -2.01. The maximum atomic E-state index is 10.8. The van der Waals surface area contributed by atoms with E-state index in [4.69, 9.17) is 9.52 Å². The summed E-state index contributed by atoms with van der Waals surface area (Å²) in [5, 5.41) is 10.7. The number of furan rings is 1. The van der Waals surface area contributed by atoms with Crippen molar-refractivity contribution in [2.24, 2.45) is 0 Å². The van der Waals surface area contributed by atoms with Crippen LogP contribution in [-0.2, 0) is 4.79 Å². The molecule has 3 heteroatoms. The quantitative estimate of drug-likeness (QED) is 0.791. The first kappa shape index (κ1) is 8.81. The van der Waals surface area contributed by atoms with Gasteiger partial charge in [0.25, 0.3) is 0 Å². The van der Waals surface area contributed by atoms with E-state index in [1.807, 2.05) is 24.3 Å². The van der Waals surface area contributed by atoms with Gasteiger partial charge in [-0.2, -0.15) is 0 Å². The molecule has 1 unspecified atom stereocenters. The number of hydrogen-bond acceptors (Lipinski definition) is 2. The van der Waals surface area contributed by atoms with Crippen molar-refractivity contribution in [2.75, 3.05) is 0 Å². The van der Waals surface area contributed by atoms with Gasteiger partial charge in [0.1, 0.15) is 11.7 Å². The normalized spacial score (nSPS) is 12.9. The highest BCUT2D eigenvalue weighted by Gasteiger charge is 2.19. The van der Waals surface area contributed by atoms with E-state index in [0.717, 1.165) is 10.8 Å². The maximum Gasteiger partial charge on any atom is 0.313 e. The number of aliphatic carboxylic acids is 1. The van der Waals surface area contributed by atoms with Gasteiger partial charge in [-0.05, 0) is 6.92 Å². The van der Waals surface area contributed by atoms with Gasteiger partial charge in [0.2, 0.25) is 0 Å². The Balaban J connectivity index is 2.58. The number of fused-ring (bicyclic) bond motifs is 1. The van der Waals surface area contributed by atoms with Gasteiger partial charge in [-0.3, -0.25) is 4.79 Å². The summed E-state index contributed by atoms with van der Waals surface area (Å²) in [7, 11) is 0. The van der Waals surface area contributed by atoms with E-state index in [-0.39, 0.29) is 0 Å². The van der Waals surface area contributed by atoms with Crippen molar-refractivity contribution in [1.82, 2.24) is 0 Å². The molecule has 0 saturated carbocycles. The molecule has 1 aromatic heterocycles. The third-order valence-corrected chi connectivity index (χ3v) is 2.30. The molecular formula is C11H10O3. The van der Waals surface area contributed by atoms with Crippen molar-refractivity contribution in [1.29, 1.82) is 0 Å². The van der Waals surface area contributed by atoms with Gasteiger partial charge in [-0.1, -0.05) is 24.3 Å². The van der Waals surface area contributed by atoms with Gasteiger partial charge < -0.3 is 9.52 Å². The smallest absolute Gasteiger partial charge is 0.313 e. The lowest BCUT2D eigenvalue weighted by molar-refractivity contribution is -0.138. The number of benzene rings is 1. The standard InChI is InChI=1S/C11H10O3/c1-7(11(12)13)10-9-5-3-2-4-8(9)6-14-10/h2-7H,1H3,(H,12,13). The second-order valence-corrected chi connectivity index (χ2v) is 3.25. The zero-order valence-electron chi connectivity index (χ0n) is 7.73. The van der Waals surface area contributed by atoms with E-state index >= 15 is 0 Å². The molecule has 1 N–H and O–H groups in total. The molecule has 14 heavy (non-hydrogen) atoms. The number of hydrogen-bond donors (Lipinski definition) is 1. The molecule has 72 valence electrons. The first-order valence-electron chi connectivity index (χ1n) is 4.39. The second-order valence-electron chi connectivity index (χ2n) is 3.25. The molecule has 0 saturated heterocycles. The lowest BCUT2D eigenvalue weighted by atomic mass is 10.1. The fourth-order valence-corrected chi connectivity index (χ4v) is 1.46. The minimum Gasteiger partial charge on any atom is -0.481 e. The van der Waals surface area contributed by atoms with E-state index in [1.165, 1.54) is 0 Å². The lowest BCUT2D eigenvalue weighted by Crippen LogP contribution is -2.06. The Morgan fingerprint density at radius 2 is 2.14 bits per heavy atom. The van der Waals surface area contributed by atoms with E-state index in [0.29, 0.717) is 5.76 Å². The molecule has 1 aromatic carbocycles. The average molecular weight is 190 g/mol. The molecule has 0 fully saturated rings. The zero-order chi connectivity index (χ0) is 10.1. The molecule has 0 spiro atoms. The van der Waals surface area contributed by atoms with Crippen LogP contribution in [0.15, 0.2) is 34.9 Å². The van der Waals surface area contributed by atoms with Crippen molar-refractivity contribution in [3.05, 3.63) is 36.3 Å². The van der Waals surface area contributed by atoms with Crippen molar-refractivity contribution >= 4 is 16.7 Å². The van der Waals surface area contributed by atoms with Crippen LogP contribution in [0.1, 0.15) is 18.6 Å². The van der Waals surface area contributed by atoms with Gasteiger partial charge in [0.15, 0.2) is 0 Å². The van der Waals surface area contributed by atoms with E-state index in [9.17, 15) is 4.79 Å². The Morgan fingerprint density at radius 3 is 2.86 bits per heavy atom. The monoisotopic (exact) mass is 190 g/mol. The van der Waals surface area contributed by atoms with Crippen LogP contribution in [-0.4, -0.2) is 11.1 Å². The minimum absolute atomic E-state index is 0.521. The molecule has 1 heterocycles. The van der Waals surface area contributed by atoms with Gasteiger partial charge in [0.05, 0.1) is 6.26 Å². The highest BCUT2D eigenvalue weighted by atomic mass is 16.4. The Morgan fingerprint density at radius 1 is 1.43 bits per heavy atom. The fourth-order valence-electron chi connectivity index (χ4n) is 1.46. The third kappa shape index (κ3) is 1.27. The van der Waals surface area contributed by atoms with Crippen LogP contribution in [0.3, 0.4) is 0 Å². The van der Waals surface area contributed by atoms with Crippen LogP contribution in [0.2, 0.25) is 0 Å². The summed E-state index contributed by atoms with van der Waals surface area (Å²) >= 11 is 0. The van der Waals surface area contributed by atoms with Crippen LogP contribution < -0.4 is 0 Å². The van der Waals surface area contributed by atoms with Crippen molar-refractivity contribution < 1.29 is 14.3 Å². The number of rotatable bonds is 2. The molecule has 0 radical (unpaired) electrons. The highest BCUT2D eigenvalue weighted by molar-refractivity contribution is 5.88. The summed E-state index contributed by atoms with van der Waals surface area (Å²) in [4.78, 5) is 10.8. The molecule has 3 nitrogen and oxygen atoms in total. The number of carboxylic acids is 1. The molecule has 2 rings (SSSR count). The van der Waals surface area contributed by atoms with E-state index in [1.54, 1.807) is 13.2 Å². The minimum atomic E-state index is -0.870. The largest absolute Gasteiger partial charge is 0.481 e. The average Bonchev–Trinajstić information content (AvgIpc) is 2.60. The Bertz CT molecular complexity index is 470. The summed E-state index contributed by atoms with van der Waals surface area (Å²) in [5.41, 5.74) is 0. The van der Waals surface area contributed by atoms with Crippen molar-refractivity contribution in [2.45, 2.75) is 12.8 Å². The molecule has 1 atom stereocenters. The predicted molar refractivity (Wildman–Crippen MR) is 52.3 cm³/mol. The fraction of sp³-hybridized carbons (Fsp3) is 0.182. The van der Waals surface area contributed by atoms with Gasteiger partial charge >= 0.3 is 5.97 Å². The molecule has 0 amide bonds. The molecular weight excluding hydrogens is 180 g/mol. The van der Waals surface area contributed by atoms with Crippen LogP contribution in [0.5, 0.6) is 0 Å². The predicted octanol–water partition coefficient (Wildman–Crippen LogP) is 2.62. The summed E-state index contributed by atoms with van der Waals surface area (Å²) in [6.45, 7) is 1.62. The topological polar surface area (TPSA) is 50.4 Å². The van der Waals surface area contributed by atoms with E-state index < -0.39 is 11.9 Å². The van der Waals surface area contributed by atoms with Crippen LogP contribution in [0.25, 0.3) is 10.8 Å². The SMILES string of the molecule is CC(C(=O)O)c1occ2ccccc12. The summed E-state index contributed by atoms with van der Waals surface area (Å²) in [6, 6.07) is 7.54. The van der Waals surface area contributed by atoms with Gasteiger partial charge in [-0.25, -0.2) is 0 Å². The molecule has 0 aliphatic rings. The number of carboxylic acid groups (broad SMARTS) is 1. The molecule has 0 aliphatic heterocycles. The van der Waals surface area contributed by atoms with Crippen LogP contribution >= 0.6 is 0 Å². The Labute approximate surface area is 81.0 Å². The Hall–Kier alpha value is -1.77. The summed E-state index contributed by atoms with van der Waals surface area (Å²) in [5.74, 6) is -0.951. The second kappa shape index (κ2) is 3.18. The van der Waals surface area contributed by atoms with Crippen molar-refractivity contribution in [3.8, 4) is 0 Å². The number of carbonyl (C=O) groups is 1. The zero-order valence-corrected chi connectivity index (χ0v) is 7.73. The maximum absolute atomic E-state index is 10.8. The van der Waals surface area contributed by atoms with Crippen LogP contribution in [0.4, 0.5) is 0 Å². The molecule has 0 bridgehead atoms. The Kier molecular flexibility index (Phi) is 2.00. The van der Waals surface area contributed by atoms with E-state index in [2.05, 4.69) is 0 Å². The third-order valence-electron chi connectivity index (χ3n) is 2.30. The first-order valence-corrected chi connectivity index (χ1v) is 4.39.